The summed E-state index contributed by atoms with van der Waals surface area (Å²) >= 11 is 0. The van der Waals surface area contributed by atoms with Gasteiger partial charge < -0.3 is 10.3 Å². The molecule has 2 rings (SSSR count). The first-order valence-corrected chi connectivity index (χ1v) is 5.93. The summed E-state index contributed by atoms with van der Waals surface area (Å²) in [6.45, 7) is 0.672. The van der Waals surface area contributed by atoms with Crippen LogP contribution < -0.4 is 5.73 Å². The van der Waals surface area contributed by atoms with Gasteiger partial charge in [0.1, 0.15) is 0 Å². The Morgan fingerprint density at radius 2 is 2.17 bits per heavy atom. The largest absolute Gasteiger partial charge is 0.342 e. The van der Waals surface area contributed by atoms with E-state index in [4.69, 9.17) is 5.73 Å². The minimum atomic E-state index is -4.00. The van der Waals surface area contributed by atoms with Gasteiger partial charge in [-0.1, -0.05) is 0 Å². The number of aryl methyl sites for hydroxylation is 1. The minimum absolute atomic E-state index is 0.172. The van der Waals surface area contributed by atoms with E-state index in [9.17, 15) is 17.6 Å². The van der Waals surface area contributed by atoms with Gasteiger partial charge in [0.05, 0.1) is 6.54 Å². The highest BCUT2D eigenvalue weighted by atomic mass is 19.3. The van der Waals surface area contributed by atoms with E-state index in [2.05, 4.69) is 0 Å². The summed E-state index contributed by atoms with van der Waals surface area (Å²) in [5.74, 6) is -4.00. The molecule has 18 heavy (non-hydrogen) atoms. The second-order valence-corrected chi connectivity index (χ2v) is 4.83. The smallest absolute Gasteiger partial charge is 0.324 e. The van der Waals surface area contributed by atoms with Gasteiger partial charge in [-0.2, -0.15) is 8.78 Å². The summed E-state index contributed by atoms with van der Waals surface area (Å²) in [6.07, 6.45) is -1.41. The molecule has 2 N–H and O–H groups in total. The zero-order valence-corrected chi connectivity index (χ0v) is 10.1. The number of hydrogen-bond donors (Lipinski definition) is 1. The first-order chi connectivity index (χ1) is 8.33. The van der Waals surface area contributed by atoms with Crippen molar-refractivity contribution < 1.29 is 17.6 Å². The lowest BCUT2D eigenvalue weighted by Crippen LogP contribution is -2.33. The van der Waals surface area contributed by atoms with Gasteiger partial charge in [-0.05, 0) is 37.8 Å². The van der Waals surface area contributed by atoms with Gasteiger partial charge in [0.15, 0.2) is 0 Å². The SMILES string of the molecule is Cc1cc2c(n1CC(F)(F)C(F)F)CCCC2N. The molecular formula is C12H16F4N2. The number of alkyl halides is 4. The molecule has 0 spiro atoms. The second kappa shape index (κ2) is 4.57. The van der Waals surface area contributed by atoms with Crippen LogP contribution in [0.1, 0.15) is 35.8 Å². The fourth-order valence-corrected chi connectivity index (χ4v) is 2.50. The fourth-order valence-electron chi connectivity index (χ4n) is 2.50. The van der Waals surface area contributed by atoms with Crippen LogP contribution in [0, 0.1) is 6.92 Å². The van der Waals surface area contributed by atoms with Crippen molar-refractivity contribution in [1.82, 2.24) is 4.57 Å². The Hall–Kier alpha value is -1.04. The fraction of sp³-hybridized carbons (Fsp3) is 0.667. The van der Waals surface area contributed by atoms with Crippen LogP contribution in [0.25, 0.3) is 0 Å². The van der Waals surface area contributed by atoms with Crippen molar-refractivity contribution in [3.05, 3.63) is 23.0 Å². The van der Waals surface area contributed by atoms with Crippen LogP contribution in [-0.2, 0) is 13.0 Å². The molecule has 1 aromatic rings. The van der Waals surface area contributed by atoms with Crippen LogP contribution >= 0.6 is 0 Å². The molecule has 0 saturated heterocycles. The molecule has 102 valence electrons. The molecule has 1 heterocycles. The van der Waals surface area contributed by atoms with Crippen LogP contribution in [0.2, 0.25) is 0 Å². The maximum Gasteiger partial charge on any atom is 0.324 e. The van der Waals surface area contributed by atoms with Gasteiger partial charge in [0, 0.05) is 17.4 Å². The van der Waals surface area contributed by atoms with Crippen LogP contribution in [-0.4, -0.2) is 16.9 Å². The predicted molar refractivity (Wildman–Crippen MR) is 60.0 cm³/mol. The van der Waals surface area contributed by atoms with Gasteiger partial charge in [-0.3, -0.25) is 0 Å². The monoisotopic (exact) mass is 264 g/mol. The number of aromatic nitrogens is 1. The molecule has 1 aromatic heterocycles. The van der Waals surface area contributed by atoms with E-state index in [-0.39, 0.29) is 6.04 Å². The zero-order valence-electron chi connectivity index (χ0n) is 10.1. The maximum atomic E-state index is 13.2. The third kappa shape index (κ3) is 2.25. The van der Waals surface area contributed by atoms with Crippen molar-refractivity contribution in [2.45, 2.75) is 51.1 Å². The van der Waals surface area contributed by atoms with E-state index in [1.807, 2.05) is 0 Å². The van der Waals surface area contributed by atoms with Crippen LogP contribution in [0.5, 0.6) is 0 Å². The van der Waals surface area contributed by atoms with Crippen molar-refractivity contribution in [3.8, 4) is 0 Å². The Bertz CT molecular complexity index is 440. The first kappa shape index (κ1) is 13.4. The summed E-state index contributed by atoms with van der Waals surface area (Å²) in [5, 5.41) is 0. The van der Waals surface area contributed by atoms with Crippen molar-refractivity contribution in [1.29, 1.82) is 0 Å². The summed E-state index contributed by atoms with van der Waals surface area (Å²) in [4.78, 5) is 0. The van der Waals surface area contributed by atoms with Crippen molar-refractivity contribution in [2.75, 3.05) is 0 Å². The van der Waals surface area contributed by atoms with E-state index in [0.29, 0.717) is 17.8 Å². The summed E-state index contributed by atoms with van der Waals surface area (Å²) in [6, 6.07) is 1.56. The Morgan fingerprint density at radius 1 is 1.50 bits per heavy atom. The molecule has 0 saturated carbocycles. The molecular weight excluding hydrogens is 248 g/mol. The standard InChI is InChI=1S/C12H16F4N2/c1-7-5-8-9(17)3-2-4-10(8)18(7)6-12(15,16)11(13)14/h5,9,11H,2-4,6,17H2,1H3. The van der Waals surface area contributed by atoms with Gasteiger partial charge >= 0.3 is 12.3 Å². The highest BCUT2D eigenvalue weighted by molar-refractivity contribution is 5.32. The highest BCUT2D eigenvalue weighted by Gasteiger charge is 2.42. The molecule has 2 nitrogen and oxygen atoms in total. The van der Waals surface area contributed by atoms with Crippen LogP contribution in [0.15, 0.2) is 6.07 Å². The van der Waals surface area contributed by atoms with E-state index < -0.39 is 18.9 Å². The quantitative estimate of drug-likeness (QED) is 0.836. The summed E-state index contributed by atoms with van der Waals surface area (Å²) in [7, 11) is 0. The predicted octanol–water partition coefficient (Wildman–Crippen LogP) is 3.03. The molecule has 0 amide bonds. The first-order valence-electron chi connectivity index (χ1n) is 5.93. The van der Waals surface area contributed by atoms with Crippen LogP contribution in [0.4, 0.5) is 17.6 Å². The Kier molecular flexibility index (Phi) is 3.40. The zero-order chi connectivity index (χ0) is 13.5. The molecule has 1 aliphatic rings. The third-order valence-electron chi connectivity index (χ3n) is 3.47. The number of rotatable bonds is 3. The van der Waals surface area contributed by atoms with Gasteiger partial charge in [-0.25, -0.2) is 8.78 Å². The lowest BCUT2D eigenvalue weighted by atomic mass is 9.93. The molecule has 0 radical (unpaired) electrons. The molecule has 1 aliphatic carbocycles. The van der Waals surface area contributed by atoms with Crippen molar-refractivity contribution in [2.24, 2.45) is 5.73 Å². The van der Waals surface area contributed by atoms with E-state index in [1.165, 1.54) is 4.57 Å². The number of hydrogen-bond acceptors (Lipinski definition) is 1. The van der Waals surface area contributed by atoms with E-state index in [0.717, 1.165) is 18.4 Å². The molecule has 1 unspecified atom stereocenters. The molecule has 0 fully saturated rings. The van der Waals surface area contributed by atoms with Gasteiger partial charge in [-0.15, -0.1) is 0 Å². The topological polar surface area (TPSA) is 30.9 Å². The number of fused-ring (bicyclic) bond motifs is 1. The average Bonchev–Trinajstić information content (AvgIpc) is 2.57. The van der Waals surface area contributed by atoms with E-state index >= 15 is 0 Å². The molecule has 1 atom stereocenters. The minimum Gasteiger partial charge on any atom is -0.342 e. The maximum absolute atomic E-state index is 13.2. The van der Waals surface area contributed by atoms with Crippen molar-refractivity contribution in [3.63, 3.8) is 0 Å². The number of nitrogens with two attached hydrogens (primary N) is 1. The lowest BCUT2D eigenvalue weighted by Gasteiger charge is -2.23. The van der Waals surface area contributed by atoms with Crippen molar-refractivity contribution >= 4 is 0 Å². The molecule has 0 aliphatic heterocycles. The normalized spacial score (nSPS) is 20.3. The number of halogens is 4. The molecule has 0 bridgehead atoms. The Labute approximate surface area is 103 Å². The Balaban J connectivity index is 2.34. The Morgan fingerprint density at radius 3 is 2.78 bits per heavy atom. The summed E-state index contributed by atoms with van der Waals surface area (Å²) in [5.41, 5.74) is 7.98. The lowest BCUT2D eigenvalue weighted by molar-refractivity contribution is -0.138. The molecule has 0 aromatic carbocycles. The highest BCUT2D eigenvalue weighted by Crippen LogP contribution is 2.33. The third-order valence-corrected chi connectivity index (χ3v) is 3.47. The van der Waals surface area contributed by atoms with Gasteiger partial charge in [0.25, 0.3) is 0 Å². The average molecular weight is 264 g/mol. The van der Waals surface area contributed by atoms with Crippen LogP contribution in [0.3, 0.4) is 0 Å². The van der Waals surface area contributed by atoms with E-state index in [1.54, 1.807) is 13.0 Å². The second-order valence-electron chi connectivity index (χ2n) is 4.83. The summed E-state index contributed by atoms with van der Waals surface area (Å²) < 4.78 is 52.1. The number of nitrogens with zero attached hydrogens (tertiary/aromatic N) is 1. The van der Waals surface area contributed by atoms with Gasteiger partial charge in [0.2, 0.25) is 0 Å². The molecule has 6 heteroatoms.